The summed E-state index contributed by atoms with van der Waals surface area (Å²) in [4.78, 5) is 110. The molecule has 76 heavy (non-hydrogen) atoms. The van der Waals surface area contributed by atoms with Gasteiger partial charge in [-0.2, -0.15) is 10.2 Å². The molecule has 396 valence electrons. The van der Waals surface area contributed by atoms with Gasteiger partial charge in [0, 0.05) is 93.1 Å². The molecule has 0 spiro atoms. The molecule has 8 heterocycles. The lowest BCUT2D eigenvalue weighted by Gasteiger charge is -2.39. The average Bonchev–Trinajstić information content (AvgIpc) is 4.20. The Kier molecular flexibility index (Phi) is 15.0. The number of hydrogen-bond donors (Lipinski definition) is 5. The number of carbonyl (C=O) groups excluding carboxylic acids is 6. The van der Waals surface area contributed by atoms with Crippen LogP contribution in [-0.4, -0.2) is 148 Å². The predicted octanol–water partition coefficient (Wildman–Crippen LogP) is 2.64. The highest BCUT2D eigenvalue weighted by Crippen LogP contribution is 2.37. The number of nitrogens with zero attached hydrogens (tertiary/aromatic N) is 12. The number of carboxylic acids is 1. The van der Waals surface area contributed by atoms with Gasteiger partial charge < -0.3 is 36.5 Å². The van der Waals surface area contributed by atoms with Gasteiger partial charge in [0.1, 0.15) is 34.3 Å². The smallest absolute Gasteiger partial charge is 0.321 e. The molecule has 0 radical (unpaired) electrons. The summed E-state index contributed by atoms with van der Waals surface area (Å²) in [5, 5.41) is 21.5. The molecule has 8 N–H and O–H groups in total. The number of imide groups is 1. The van der Waals surface area contributed by atoms with Gasteiger partial charge >= 0.3 is 5.97 Å². The van der Waals surface area contributed by atoms with Crippen molar-refractivity contribution < 1.29 is 43.4 Å². The topological polar surface area (TPSA) is 343 Å². The number of imidazole rings is 1. The van der Waals surface area contributed by atoms with Crippen molar-refractivity contribution in [3.05, 3.63) is 83.1 Å². The molecule has 26 heteroatoms. The van der Waals surface area contributed by atoms with Gasteiger partial charge in [-0.3, -0.25) is 57.7 Å². The molecule has 9 rings (SSSR count). The third-order valence-electron chi connectivity index (χ3n) is 13.3. The SMILES string of the molecule is CCn1nc(C)cc1C(=O)Nc1nc2cc(C(N)=O)cnc2n1C/C=C/Cn1c2nc(-c3cc(C)nn3CC)ncc2c2cc(C(N)=O)cc(OCCC3CN(C(=O)CCN4C(=O)CC(SCC(N)C(=O)O)C4=O)C3)c21. The number of benzene rings is 1. The number of carbonyl (C=O) groups is 7. The van der Waals surface area contributed by atoms with E-state index in [2.05, 4.69) is 25.5 Å². The number of nitrogens with two attached hydrogens (primary N) is 3. The van der Waals surface area contributed by atoms with E-state index in [9.17, 15) is 33.6 Å². The minimum atomic E-state index is -1.20. The summed E-state index contributed by atoms with van der Waals surface area (Å²) in [7, 11) is 0. The number of ether oxygens (including phenoxy) is 1. The Morgan fingerprint density at radius 1 is 0.868 bits per heavy atom. The maximum Gasteiger partial charge on any atom is 0.321 e. The van der Waals surface area contributed by atoms with Gasteiger partial charge in [-0.05, 0) is 70.4 Å². The Hall–Kier alpha value is -8.52. The van der Waals surface area contributed by atoms with Crippen LogP contribution in [-0.2, 0) is 45.4 Å². The number of aliphatic carboxylic acids is 1. The predicted molar refractivity (Wildman–Crippen MR) is 279 cm³/mol. The minimum Gasteiger partial charge on any atom is -0.491 e. The highest BCUT2D eigenvalue weighted by molar-refractivity contribution is 8.00. The second kappa shape index (κ2) is 21.7. The normalized spacial score (nSPS) is 15.4. The van der Waals surface area contributed by atoms with Crippen LogP contribution in [0.3, 0.4) is 0 Å². The van der Waals surface area contributed by atoms with E-state index in [1.807, 2.05) is 48.2 Å². The van der Waals surface area contributed by atoms with E-state index in [1.54, 1.807) is 45.5 Å². The Morgan fingerprint density at radius 3 is 2.29 bits per heavy atom. The fraction of sp³-hybridized carbons (Fsp3) is 0.380. The number of hydrogen-bond acceptors (Lipinski definition) is 16. The van der Waals surface area contributed by atoms with Crippen LogP contribution in [0.2, 0.25) is 0 Å². The number of fused-ring (bicyclic) bond motifs is 4. The number of rotatable bonds is 22. The van der Waals surface area contributed by atoms with E-state index in [1.165, 1.54) is 12.3 Å². The van der Waals surface area contributed by atoms with Gasteiger partial charge in [0.25, 0.3) is 5.91 Å². The number of aryl methyl sites for hydroxylation is 4. The number of aromatic nitrogens is 10. The van der Waals surface area contributed by atoms with E-state index in [0.29, 0.717) is 94.4 Å². The summed E-state index contributed by atoms with van der Waals surface area (Å²) in [6, 6.07) is 7.22. The Labute approximate surface area is 437 Å². The third-order valence-corrected chi connectivity index (χ3v) is 14.6. The van der Waals surface area contributed by atoms with Crippen LogP contribution in [0.5, 0.6) is 5.75 Å². The molecule has 0 aliphatic carbocycles. The van der Waals surface area contributed by atoms with E-state index in [4.69, 9.17) is 37.0 Å². The second-order valence-electron chi connectivity index (χ2n) is 18.6. The van der Waals surface area contributed by atoms with Crippen LogP contribution >= 0.6 is 11.8 Å². The van der Waals surface area contributed by atoms with Crippen LogP contribution in [0.25, 0.3) is 44.6 Å². The number of nitrogens with one attached hydrogen (secondary N) is 1. The molecule has 0 saturated carbocycles. The van der Waals surface area contributed by atoms with Crippen LogP contribution < -0.4 is 27.3 Å². The molecule has 2 fully saturated rings. The molecule has 6 amide bonds. The van der Waals surface area contributed by atoms with E-state index >= 15 is 0 Å². The number of pyridine rings is 1. The molecular weight excluding hydrogens is 1000 g/mol. The molecule has 2 unspecified atom stereocenters. The summed E-state index contributed by atoms with van der Waals surface area (Å²) in [6.45, 7) is 9.98. The lowest BCUT2D eigenvalue weighted by Crippen LogP contribution is -2.51. The van der Waals surface area contributed by atoms with Crippen LogP contribution in [0.1, 0.15) is 75.7 Å². The quantitative estimate of drug-likeness (QED) is 0.0481. The maximum absolute atomic E-state index is 13.7. The van der Waals surface area contributed by atoms with E-state index in [0.717, 1.165) is 22.4 Å². The summed E-state index contributed by atoms with van der Waals surface area (Å²) >= 11 is 1.02. The summed E-state index contributed by atoms with van der Waals surface area (Å²) in [5.41, 5.74) is 21.8. The summed E-state index contributed by atoms with van der Waals surface area (Å²) in [6.07, 6.45) is 7.24. The molecule has 6 aromatic heterocycles. The Morgan fingerprint density at radius 2 is 1.58 bits per heavy atom. The Bertz CT molecular complexity index is 3520. The van der Waals surface area contributed by atoms with Crippen molar-refractivity contribution in [1.29, 1.82) is 0 Å². The lowest BCUT2D eigenvalue weighted by atomic mass is 9.96. The van der Waals surface area contributed by atoms with Gasteiger partial charge in [0.05, 0.1) is 34.3 Å². The first-order valence-corrected chi connectivity index (χ1v) is 25.7. The van der Waals surface area contributed by atoms with Gasteiger partial charge in [-0.1, -0.05) is 12.2 Å². The zero-order valence-electron chi connectivity index (χ0n) is 42.1. The highest BCUT2D eigenvalue weighted by atomic mass is 32.2. The lowest BCUT2D eigenvalue weighted by molar-refractivity contribution is -0.142. The molecule has 25 nitrogen and oxygen atoms in total. The van der Waals surface area contributed by atoms with Crippen LogP contribution in [0, 0.1) is 19.8 Å². The van der Waals surface area contributed by atoms with Crippen molar-refractivity contribution in [3.8, 4) is 17.3 Å². The van der Waals surface area contributed by atoms with Crippen molar-refractivity contribution in [3.63, 3.8) is 0 Å². The van der Waals surface area contributed by atoms with Crippen molar-refractivity contribution in [2.24, 2.45) is 23.1 Å². The molecule has 1 aromatic carbocycles. The molecule has 2 saturated heterocycles. The number of primary amides is 2. The largest absolute Gasteiger partial charge is 0.491 e. The first-order valence-electron chi connectivity index (χ1n) is 24.6. The number of amides is 6. The first-order chi connectivity index (χ1) is 36.4. The second-order valence-corrected chi connectivity index (χ2v) is 19.8. The van der Waals surface area contributed by atoms with Gasteiger partial charge in [0.2, 0.25) is 35.5 Å². The molecule has 0 bridgehead atoms. The van der Waals surface area contributed by atoms with Gasteiger partial charge in [-0.25, -0.2) is 19.9 Å². The summed E-state index contributed by atoms with van der Waals surface area (Å²) in [5.74, 6) is -3.06. The van der Waals surface area contributed by atoms with Crippen molar-refractivity contribution in [2.75, 3.05) is 37.3 Å². The zero-order chi connectivity index (χ0) is 54.1. The number of thioether (sulfide) groups is 1. The average molecular weight is 1060 g/mol. The van der Waals surface area contributed by atoms with Crippen molar-refractivity contribution in [1.82, 2.24) is 58.4 Å². The molecular formula is C50H56N16O9S. The minimum absolute atomic E-state index is 0.0255. The van der Waals surface area contributed by atoms with Crippen molar-refractivity contribution >= 4 is 92.2 Å². The molecule has 2 aliphatic rings. The van der Waals surface area contributed by atoms with Crippen LogP contribution in [0.4, 0.5) is 5.95 Å². The van der Waals surface area contributed by atoms with E-state index < -0.39 is 46.8 Å². The van der Waals surface area contributed by atoms with Crippen LogP contribution in [0.15, 0.2) is 54.9 Å². The first kappa shape index (κ1) is 52.3. The Balaban J connectivity index is 0.956. The fourth-order valence-electron chi connectivity index (χ4n) is 9.36. The number of anilines is 1. The summed E-state index contributed by atoms with van der Waals surface area (Å²) < 4.78 is 13.6. The van der Waals surface area contributed by atoms with Crippen molar-refractivity contribution in [2.45, 2.75) is 84.4 Å². The number of likely N-dealkylation sites (tertiary alicyclic amines) is 2. The number of allylic oxidation sites excluding steroid dienone is 2. The molecule has 2 atom stereocenters. The number of carboxylic acid groups (broad SMARTS) is 1. The van der Waals surface area contributed by atoms with E-state index in [-0.39, 0.29) is 73.7 Å². The standard InChI is InChI=1S/C50H56N16O9S/c1-5-65-35(15-26(3)59-65)44-54-22-32-31-17-29(42(52)69)19-37(75-14-10-28-23-61(24-28)39(67)9-13-62-40(68)20-38(48(62)72)76-25-33(51)49(73)74)41(31)63(45(32)57-44)11-7-8-12-64-46-34(18-30(21-55-46)43(53)70)56-50(64)58-47(71)36-16-27(4)60-66(36)6-2/h7-8,15-19,21-22,28,33,38H,5-6,9-14,20,23-25,51H2,1-4H3,(H2,52,69)(H2,53,70)(H,73,74)(H,56,58,71)/b8-7+. The third kappa shape index (κ3) is 10.6. The molecule has 2 aliphatic heterocycles. The molecule has 7 aromatic rings. The zero-order valence-corrected chi connectivity index (χ0v) is 43.0. The maximum atomic E-state index is 13.7. The fourth-order valence-corrected chi connectivity index (χ4v) is 10.5. The van der Waals surface area contributed by atoms with Gasteiger partial charge in [0.15, 0.2) is 11.5 Å². The highest BCUT2D eigenvalue weighted by Gasteiger charge is 2.40. The van der Waals surface area contributed by atoms with Gasteiger partial charge in [-0.15, -0.1) is 11.8 Å². The monoisotopic (exact) mass is 1060 g/mol.